The van der Waals surface area contributed by atoms with Gasteiger partial charge in [-0.1, -0.05) is 19.9 Å². The minimum atomic E-state index is -0.0477. The molecule has 0 bridgehead atoms. The number of amidine groups is 1. The van der Waals surface area contributed by atoms with Gasteiger partial charge in [-0.25, -0.2) is 0 Å². The minimum Gasteiger partial charge on any atom is -0.387 e. The summed E-state index contributed by atoms with van der Waals surface area (Å²) in [4.78, 5) is 47.6. The van der Waals surface area contributed by atoms with E-state index in [1.54, 1.807) is 6.92 Å². The molecule has 3 unspecified atom stereocenters. The molecule has 2 aliphatic heterocycles. The zero-order valence-corrected chi connectivity index (χ0v) is 24.5. The standard InChI is InChI=1S/C31H51N5O3/c1-4-14-36(15-5-2)31(39)25-18-23-6-7-24(19-28(23)34-29(32)20-25)30(38)33-26-8-10-27(11-9-26)35-16-12-22(13-17-35)21(3)37/h18,22-24,26-28H,4-17,19-20H2,1-3H3,(H2,32,34)(H,33,38). The number of rotatable bonds is 9. The van der Waals surface area contributed by atoms with Crippen LogP contribution in [-0.4, -0.2) is 77.5 Å². The van der Waals surface area contributed by atoms with Gasteiger partial charge in [0, 0.05) is 54.9 Å². The number of likely N-dealkylation sites (tertiary alicyclic amines) is 1. The number of hydrogen-bond donors (Lipinski definition) is 2. The summed E-state index contributed by atoms with van der Waals surface area (Å²) in [6.07, 6.45) is 13.0. The summed E-state index contributed by atoms with van der Waals surface area (Å²) in [7, 11) is 0. The molecule has 2 heterocycles. The highest BCUT2D eigenvalue weighted by molar-refractivity contribution is 6.00. The van der Waals surface area contributed by atoms with Gasteiger partial charge < -0.3 is 20.9 Å². The molecule has 3 N–H and O–H groups in total. The SMILES string of the molecule is CCCN(CCC)C(=O)C1=CC2CCC(C(=O)NC3CCC(N4CCC(C(C)=O)CC4)CC3)CC2N=C(N)C1. The molecule has 0 aromatic rings. The van der Waals surface area contributed by atoms with Gasteiger partial charge in [0.2, 0.25) is 11.8 Å². The first kappa shape index (κ1) is 29.8. The molecule has 8 heteroatoms. The van der Waals surface area contributed by atoms with Crippen LogP contribution >= 0.6 is 0 Å². The number of ketones is 1. The quantitative estimate of drug-likeness (QED) is 0.461. The molecule has 3 atom stereocenters. The number of nitrogens with zero attached hydrogens (tertiary/aromatic N) is 3. The number of Topliss-reactive ketones (excluding diaryl/α,β-unsaturated/α-hetero) is 1. The lowest BCUT2D eigenvalue weighted by Gasteiger charge is -2.41. The van der Waals surface area contributed by atoms with Crippen molar-refractivity contribution in [2.75, 3.05) is 26.2 Å². The summed E-state index contributed by atoms with van der Waals surface area (Å²) < 4.78 is 0. The lowest BCUT2D eigenvalue weighted by molar-refractivity contribution is -0.128. The van der Waals surface area contributed by atoms with E-state index in [4.69, 9.17) is 10.7 Å². The lowest BCUT2D eigenvalue weighted by Crippen LogP contribution is -2.48. The molecule has 2 aliphatic carbocycles. The molecule has 218 valence electrons. The van der Waals surface area contributed by atoms with Crippen molar-refractivity contribution >= 4 is 23.4 Å². The van der Waals surface area contributed by atoms with Gasteiger partial charge in [0.05, 0.1) is 11.9 Å². The van der Waals surface area contributed by atoms with Crippen molar-refractivity contribution < 1.29 is 14.4 Å². The molecule has 2 saturated carbocycles. The van der Waals surface area contributed by atoms with Crippen molar-refractivity contribution in [1.29, 1.82) is 0 Å². The Morgan fingerprint density at radius 1 is 0.974 bits per heavy atom. The highest BCUT2D eigenvalue weighted by Gasteiger charge is 2.37. The third-order valence-electron chi connectivity index (χ3n) is 9.57. The Labute approximate surface area is 235 Å². The molecule has 39 heavy (non-hydrogen) atoms. The predicted molar refractivity (Wildman–Crippen MR) is 155 cm³/mol. The van der Waals surface area contributed by atoms with E-state index in [-0.39, 0.29) is 41.7 Å². The molecule has 0 aromatic carbocycles. The Morgan fingerprint density at radius 2 is 1.64 bits per heavy atom. The van der Waals surface area contributed by atoms with Crippen LogP contribution in [0.3, 0.4) is 0 Å². The van der Waals surface area contributed by atoms with E-state index < -0.39 is 0 Å². The van der Waals surface area contributed by atoms with Crippen LogP contribution in [0.15, 0.2) is 16.6 Å². The summed E-state index contributed by atoms with van der Waals surface area (Å²) in [5.74, 6) is 1.48. The van der Waals surface area contributed by atoms with E-state index in [0.717, 1.165) is 96.0 Å². The van der Waals surface area contributed by atoms with Crippen molar-refractivity contribution in [3.63, 3.8) is 0 Å². The molecule has 0 spiro atoms. The number of piperidine rings is 1. The highest BCUT2D eigenvalue weighted by atomic mass is 16.2. The number of aliphatic imine (C=N–C) groups is 1. The Morgan fingerprint density at radius 3 is 2.26 bits per heavy atom. The molecular weight excluding hydrogens is 490 g/mol. The number of nitrogens with one attached hydrogen (secondary N) is 1. The van der Waals surface area contributed by atoms with Gasteiger partial charge in [0.15, 0.2) is 0 Å². The molecule has 0 radical (unpaired) electrons. The lowest BCUT2D eigenvalue weighted by atomic mass is 9.77. The van der Waals surface area contributed by atoms with Crippen molar-refractivity contribution in [3.05, 3.63) is 11.6 Å². The van der Waals surface area contributed by atoms with E-state index in [1.807, 2.05) is 4.90 Å². The third-order valence-corrected chi connectivity index (χ3v) is 9.57. The van der Waals surface area contributed by atoms with Crippen molar-refractivity contribution in [1.82, 2.24) is 15.1 Å². The highest BCUT2D eigenvalue weighted by Crippen LogP contribution is 2.36. The van der Waals surface area contributed by atoms with Crippen LogP contribution < -0.4 is 11.1 Å². The number of carbonyl (C=O) groups excluding carboxylic acids is 3. The van der Waals surface area contributed by atoms with Crippen molar-refractivity contribution in [2.24, 2.45) is 28.5 Å². The van der Waals surface area contributed by atoms with E-state index in [0.29, 0.717) is 30.5 Å². The Bertz CT molecular complexity index is 925. The largest absolute Gasteiger partial charge is 0.387 e. The van der Waals surface area contributed by atoms with Crippen molar-refractivity contribution in [2.45, 2.75) is 116 Å². The van der Waals surface area contributed by atoms with E-state index in [2.05, 4.69) is 30.1 Å². The molecular formula is C31H51N5O3. The second-order valence-corrected chi connectivity index (χ2v) is 12.5. The zero-order chi connectivity index (χ0) is 27.9. The maximum atomic E-state index is 13.3. The molecule has 2 amide bonds. The molecule has 0 aromatic heterocycles. The summed E-state index contributed by atoms with van der Waals surface area (Å²) >= 11 is 0. The van der Waals surface area contributed by atoms with Crippen LogP contribution in [0, 0.1) is 17.8 Å². The fourth-order valence-electron chi connectivity index (χ4n) is 7.30. The first-order valence-electron chi connectivity index (χ1n) is 15.7. The van der Waals surface area contributed by atoms with Gasteiger partial charge in [-0.15, -0.1) is 0 Å². The van der Waals surface area contributed by atoms with E-state index in [1.165, 1.54) is 0 Å². The fraction of sp³-hybridized carbons (Fsp3) is 0.806. The van der Waals surface area contributed by atoms with E-state index in [9.17, 15) is 14.4 Å². The second kappa shape index (κ2) is 13.9. The fourth-order valence-corrected chi connectivity index (χ4v) is 7.30. The number of fused-ring (bicyclic) bond motifs is 1. The van der Waals surface area contributed by atoms with Crippen LogP contribution in [0.2, 0.25) is 0 Å². The van der Waals surface area contributed by atoms with Crippen LogP contribution in [0.4, 0.5) is 0 Å². The summed E-state index contributed by atoms with van der Waals surface area (Å²) in [5, 5.41) is 3.37. The van der Waals surface area contributed by atoms with Crippen LogP contribution in [0.25, 0.3) is 0 Å². The third kappa shape index (κ3) is 7.71. The van der Waals surface area contributed by atoms with Crippen LogP contribution in [0.1, 0.15) is 97.8 Å². The minimum absolute atomic E-state index is 0.0285. The van der Waals surface area contributed by atoms with Gasteiger partial charge in [0.25, 0.3) is 0 Å². The zero-order valence-electron chi connectivity index (χ0n) is 24.5. The first-order valence-corrected chi connectivity index (χ1v) is 15.7. The number of hydrogen-bond acceptors (Lipinski definition) is 6. The maximum absolute atomic E-state index is 13.3. The average Bonchev–Trinajstić information content (AvgIpc) is 3.10. The first-order chi connectivity index (χ1) is 18.8. The molecule has 4 rings (SSSR count). The van der Waals surface area contributed by atoms with E-state index >= 15 is 0 Å². The normalized spacial score (nSPS) is 30.4. The number of nitrogens with two attached hydrogens (primary N) is 1. The molecule has 3 fully saturated rings. The van der Waals surface area contributed by atoms with Gasteiger partial charge in [-0.05, 0) is 90.6 Å². The summed E-state index contributed by atoms with van der Waals surface area (Å²) in [5.41, 5.74) is 7.08. The monoisotopic (exact) mass is 541 g/mol. The topological polar surface area (TPSA) is 108 Å². The van der Waals surface area contributed by atoms with Gasteiger partial charge >= 0.3 is 0 Å². The molecule has 8 nitrogen and oxygen atoms in total. The summed E-state index contributed by atoms with van der Waals surface area (Å²) in [6.45, 7) is 9.50. The predicted octanol–water partition coefficient (Wildman–Crippen LogP) is 3.84. The Hall–Kier alpha value is -2.22. The molecule has 4 aliphatic rings. The maximum Gasteiger partial charge on any atom is 0.249 e. The average molecular weight is 542 g/mol. The molecule has 1 saturated heterocycles. The number of amides is 2. The van der Waals surface area contributed by atoms with Gasteiger partial charge in [-0.3, -0.25) is 19.4 Å². The second-order valence-electron chi connectivity index (χ2n) is 12.5. The van der Waals surface area contributed by atoms with Crippen LogP contribution in [-0.2, 0) is 14.4 Å². The Balaban J connectivity index is 1.27. The van der Waals surface area contributed by atoms with Crippen LogP contribution in [0.5, 0.6) is 0 Å². The van der Waals surface area contributed by atoms with Crippen molar-refractivity contribution in [3.8, 4) is 0 Å². The van der Waals surface area contributed by atoms with Gasteiger partial charge in [0.1, 0.15) is 5.78 Å². The number of carbonyl (C=O) groups is 3. The Kier molecular flexibility index (Phi) is 10.6. The van der Waals surface area contributed by atoms with Gasteiger partial charge in [-0.2, -0.15) is 0 Å². The summed E-state index contributed by atoms with van der Waals surface area (Å²) in [6, 6.07) is 0.800. The smallest absolute Gasteiger partial charge is 0.249 e.